The van der Waals surface area contributed by atoms with Gasteiger partial charge in [0.25, 0.3) is 5.91 Å². The fourth-order valence-electron chi connectivity index (χ4n) is 10.3. The number of aliphatic hydroxyl groups is 3. The van der Waals surface area contributed by atoms with Crippen LogP contribution < -0.4 is 5.32 Å². The third-order valence-electron chi connectivity index (χ3n) is 13.7. The Labute approximate surface area is 369 Å². The Bertz CT molecular complexity index is 2430. The van der Waals surface area contributed by atoms with Gasteiger partial charge in [0.1, 0.15) is 23.9 Å². The number of esters is 4. The van der Waals surface area contributed by atoms with Gasteiger partial charge in [-0.1, -0.05) is 62.4 Å². The fourth-order valence-corrected chi connectivity index (χ4v) is 10.3. The minimum Gasteiger partial charge on any atom is -0.456 e. The molecule has 0 spiro atoms. The van der Waals surface area contributed by atoms with Crippen molar-refractivity contribution in [2.75, 3.05) is 6.61 Å². The number of amides is 1. The first kappa shape index (κ1) is 45.8. The molecule has 336 valence electrons. The average molecular weight is 879 g/mol. The zero-order valence-corrected chi connectivity index (χ0v) is 36.1. The van der Waals surface area contributed by atoms with Crippen LogP contribution in [0, 0.1) is 28.1 Å². The molecule has 11 atom stereocenters. The van der Waals surface area contributed by atoms with Crippen LogP contribution in [0.1, 0.15) is 92.3 Å². The number of carbonyl (C=O) groups excluding carboxylic acids is 6. The minimum absolute atomic E-state index is 0.0365. The van der Waals surface area contributed by atoms with Gasteiger partial charge in [-0.3, -0.25) is 19.2 Å². The number of nitrogens with zero attached hydrogens (tertiary/aromatic N) is 1. The van der Waals surface area contributed by atoms with Gasteiger partial charge in [-0.05, 0) is 67.0 Å². The number of nitrogens with one attached hydrogen (secondary N) is 1. The highest BCUT2D eigenvalue weighted by molar-refractivity contribution is 5.96. The lowest BCUT2D eigenvalue weighted by Crippen LogP contribution is -2.82. The minimum atomic E-state index is -2.45. The van der Waals surface area contributed by atoms with Crippen LogP contribution in [0.5, 0.6) is 0 Å². The van der Waals surface area contributed by atoms with Crippen LogP contribution in [0.15, 0.2) is 96.1 Å². The number of benzene rings is 3. The Balaban J connectivity index is 1.39. The standard InChI is InChI=1S/C48H50N2O14/c1-25-32(62-44(58)37(54)36(29-13-9-7-10-14-29)50-42(56)30-15-11-8-12-16-30)22-48(59)41(63-43(57)31-19-17-28(23-49)18-20-31)39-46(6,33(53)21-34-47(39,24-60-34)64-27(3)52)40(55)38(61-26(2)51)35(25)45(48,4)5/h7-20,32-34,36-39,41,53-54,59H,21-22,24H2,1-6H3,(H,50,56)/t32-,33-,34+,36-,37+,38+,39-,41-,46+,47-,48+/m0/s1. The summed E-state index contributed by atoms with van der Waals surface area (Å²) in [4.78, 5) is 83.7. The van der Waals surface area contributed by atoms with Crippen molar-refractivity contribution in [1.29, 1.82) is 5.26 Å². The van der Waals surface area contributed by atoms with Gasteiger partial charge in [-0.25, -0.2) is 9.59 Å². The van der Waals surface area contributed by atoms with Crippen molar-refractivity contribution >= 4 is 35.6 Å². The maximum absolute atomic E-state index is 15.5. The fraction of sp³-hybridized carbons (Fsp3) is 0.438. The Morgan fingerprint density at radius 1 is 0.875 bits per heavy atom. The molecule has 3 fully saturated rings. The van der Waals surface area contributed by atoms with Crippen molar-refractivity contribution in [2.24, 2.45) is 16.7 Å². The zero-order valence-electron chi connectivity index (χ0n) is 36.1. The average Bonchev–Trinajstić information content (AvgIpc) is 3.26. The first-order chi connectivity index (χ1) is 30.2. The molecule has 64 heavy (non-hydrogen) atoms. The number of hydrogen-bond acceptors (Lipinski definition) is 15. The summed E-state index contributed by atoms with van der Waals surface area (Å²) in [6, 6.07) is 22.3. The number of aliphatic hydroxyl groups excluding tert-OH is 2. The molecule has 16 nitrogen and oxygen atoms in total. The summed E-state index contributed by atoms with van der Waals surface area (Å²) < 4.78 is 30.2. The lowest BCUT2D eigenvalue weighted by atomic mass is 9.44. The van der Waals surface area contributed by atoms with Gasteiger partial charge in [0.05, 0.1) is 47.3 Å². The summed E-state index contributed by atoms with van der Waals surface area (Å²) in [5.74, 6) is -7.12. The van der Waals surface area contributed by atoms with Gasteiger partial charge >= 0.3 is 23.9 Å². The van der Waals surface area contributed by atoms with E-state index in [-0.39, 0.29) is 40.9 Å². The van der Waals surface area contributed by atoms with Gasteiger partial charge in [0.2, 0.25) is 0 Å². The Morgan fingerprint density at radius 2 is 1.50 bits per heavy atom. The largest absolute Gasteiger partial charge is 0.456 e. The summed E-state index contributed by atoms with van der Waals surface area (Å²) in [5.41, 5.74) is -7.21. The van der Waals surface area contributed by atoms with Crippen molar-refractivity contribution in [3.05, 3.63) is 118 Å². The van der Waals surface area contributed by atoms with Crippen LogP contribution in [-0.2, 0) is 42.9 Å². The first-order valence-corrected chi connectivity index (χ1v) is 20.9. The maximum atomic E-state index is 15.5. The number of hydrogen-bond donors (Lipinski definition) is 4. The van der Waals surface area contributed by atoms with Crippen LogP contribution in [0.3, 0.4) is 0 Å². The number of nitriles is 1. The molecule has 16 heteroatoms. The topological polar surface area (TPSA) is 245 Å². The van der Waals surface area contributed by atoms with E-state index in [0.29, 0.717) is 5.56 Å². The van der Waals surface area contributed by atoms with Gasteiger partial charge in [0, 0.05) is 37.7 Å². The molecule has 1 saturated heterocycles. The summed E-state index contributed by atoms with van der Waals surface area (Å²) in [7, 11) is 0. The van der Waals surface area contributed by atoms with E-state index in [2.05, 4.69) is 5.32 Å². The SMILES string of the molecule is CC(=O)O[C@H]1C(=O)[C@@]2(C)[C@H]([C@H](OC(=O)c3ccc(C#N)cc3)[C@]3(O)C[C@H](OC(=O)[C@H](O)[C@@H](NC(=O)c4ccccc4)c4ccccc4)C(C)=C1C3(C)C)[C@]1(OC(C)=O)CO[C@@H]1C[C@@H]2O. The van der Waals surface area contributed by atoms with Crippen molar-refractivity contribution in [3.63, 3.8) is 0 Å². The smallest absolute Gasteiger partial charge is 0.338 e. The van der Waals surface area contributed by atoms with Crippen LogP contribution in [0.2, 0.25) is 0 Å². The van der Waals surface area contributed by atoms with E-state index in [0.717, 1.165) is 13.8 Å². The molecular weight excluding hydrogens is 829 g/mol. The molecule has 4 N–H and O–H groups in total. The van der Waals surface area contributed by atoms with Crippen molar-refractivity contribution in [2.45, 2.75) is 108 Å². The molecule has 4 aliphatic rings. The maximum Gasteiger partial charge on any atom is 0.338 e. The Kier molecular flexibility index (Phi) is 12.2. The van der Waals surface area contributed by atoms with E-state index in [9.17, 15) is 44.6 Å². The lowest BCUT2D eigenvalue weighted by molar-refractivity contribution is -0.346. The molecule has 0 unspecified atom stereocenters. The van der Waals surface area contributed by atoms with Crippen molar-refractivity contribution < 1.29 is 67.8 Å². The van der Waals surface area contributed by atoms with Gasteiger partial charge in [-0.2, -0.15) is 5.26 Å². The third kappa shape index (κ3) is 7.55. The second kappa shape index (κ2) is 17.0. The van der Waals surface area contributed by atoms with E-state index in [1.807, 2.05) is 6.07 Å². The highest BCUT2D eigenvalue weighted by Crippen LogP contribution is 2.64. The summed E-state index contributed by atoms with van der Waals surface area (Å²) in [5, 5.41) is 49.7. The summed E-state index contributed by atoms with van der Waals surface area (Å²) >= 11 is 0. The number of ketones is 1. The highest BCUT2D eigenvalue weighted by Gasteiger charge is 2.78. The molecule has 3 aliphatic carbocycles. The van der Waals surface area contributed by atoms with E-state index in [1.165, 1.54) is 52.0 Å². The number of Topliss-reactive ketones (excluding diaryl/α,β-unsaturated/α-hetero) is 1. The Hall–Kier alpha value is -6.25. The summed E-state index contributed by atoms with van der Waals surface area (Å²) in [6.07, 6.45) is -10.8. The van der Waals surface area contributed by atoms with E-state index in [4.69, 9.17) is 23.7 Å². The van der Waals surface area contributed by atoms with E-state index >= 15 is 4.79 Å². The summed E-state index contributed by atoms with van der Waals surface area (Å²) in [6.45, 7) is 7.79. The molecule has 3 aromatic carbocycles. The number of carbonyl (C=O) groups is 6. The molecule has 1 heterocycles. The predicted molar refractivity (Wildman–Crippen MR) is 222 cm³/mol. The molecule has 0 radical (unpaired) electrons. The lowest BCUT2D eigenvalue weighted by Gasteiger charge is -2.67. The van der Waals surface area contributed by atoms with E-state index < -0.39 is 113 Å². The second-order valence-electron chi connectivity index (χ2n) is 17.7. The molecule has 0 aromatic heterocycles. The molecule has 7 rings (SSSR count). The number of ether oxygens (including phenoxy) is 5. The normalized spacial score (nSPS) is 31.1. The highest BCUT2D eigenvalue weighted by atomic mass is 16.6. The Morgan fingerprint density at radius 3 is 2.06 bits per heavy atom. The first-order valence-electron chi connectivity index (χ1n) is 20.9. The van der Waals surface area contributed by atoms with Gasteiger partial charge in [-0.15, -0.1) is 0 Å². The van der Waals surface area contributed by atoms with Crippen molar-refractivity contribution in [1.82, 2.24) is 5.32 Å². The number of rotatable bonds is 10. The molecule has 2 bridgehead atoms. The van der Waals surface area contributed by atoms with Crippen LogP contribution >= 0.6 is 0 Å². The molecule has 2 saturated carbocycles. The van der Waals surface area contributed by atoms with Gasteiger partial charge < -0.3 is 44.3 Å². The third-order valence-corrected chi connectivity index (χ3v) is 13.7. The molecule has 1 amide bonds. The monoisotopic (exact) mass is 878 g/mol. The van der Waals surface area contributed by atoms with Crippen LogP contribution in [0.4, 0.5) is 0 Å². The second-order valence-corrected chi connectivity index (χ2v) is 17.7. The van der Waals surface area contributed by atoms with Gasteiger partial charge in [0.15, 0.2) is 23.6 Å². The molecular formula is C48H50N2O14. The number of fused-ring (bicyclic) bond motifs is 5. The molecule has 1 aliphatic heterocycles. The van der Waals surface area contributed by atoms with Crippen LogP contribution in [0.25, 0.3) is 0 Å². The zero-order chi connectivity index (χ0) is 46.5. The molecule has 3 aromatic rings. The predicted octanol–water partition coefficient (Wildman–Crippen LogP) is 3.61. The van der Waals surface area contributed by atoms with Crippen LogP contribution in [-0.4, -0.2) is 105 Å². The quantitative estimate of drug-likeness (QED) is 0.129. The van der Waals surface area contributed by atoms with Crippen molar-refractivity contribution in [3.8, 4) is 6.07 Å². The van der Waals surface area contributed by atoms with E-state index in [1.54, 1.807) is 60.7 Å².